The van der Waals surface area contributed by atoms with Crippen LogP contribution < -0.4 is 5.73 Å². The van der Waals surface area contributed by atoms with Crippen LogP contribution >= 0.6 is 0 Å². The molecular formula is C12H19NO. The Hall–Kier alpha value is -1.02. The molecule has 0 radical (unpaired) electrons. The zero-order chi connectivity index (χ0) is 10.7. The predicted molar refractivity (Wildman–Crippen MR) is 59.4 cm³/mol. The second kappa shape index (κ2) is 4.47. The maximum atomic E-state index is 9.73. The number of aryl methyl sites for hydroxylation is 2. The monoisotopic (exact) mass is 193 g/mol. The summed E-state index contributed by atoms with van der Waals surface area (Å²) in [5.74, 6) is 0.328. The highest BCUT2D eigenvalue weighted by atomic mass is 16.3. The summed E-state index contributed by atoms with van der Waals surface area (Å²) in [7, 11) is 0. The maximum Gasteiger partial charge on any atom is 0.120 e. The van der Waals surface area contributed by atoms with Crippen molar-refractivity contribution in [3.63, 3.8) is 0 Å². The van der Waals surface area contributed by atoms with E-state index in [4.69, 9.17) is 5.73 Å². The van der Waals surface area contributed by atoms with Gasteiger partial charge in [-0.3, -0.25) is 0 Å². The molecule has 0 aromatic heterocycles. The van der Waals surface area contributed by atoms with Crippen molar-refractivity contribution in [1.82, 2.24) is 0 Å². The molecule has 1 rings (SSSR count). The van der Waals surface area contributed by atoms with Crippen molar-refractivity contribution in [2.24, 2.45) is 5.73 Å². The normalized spacial score (nSPS) is 12.9. The number of phenolic OH excluding ortho intramolecular Hbond substituents is 1. The summed E-state index contributed by atoms with van der Waals surface area (Å²) in [5.41, 5.74) is 9.13. The third-order valence-electron chi connectivity index (χ3n) is 2.64. The highest BCUT2D eigenvalue weighted by molar-refractivity contribution is 5.42. The van der Waals surface area contributed by atoms with Gasteiger partial charge in [0.05, 0.1) is 0 Å². The smallest absolute Gasteiger partial charge is 0.120 e. The minimum atomic E-state index is -0.0423. The molecule has 3 N–H and O–H groups in total. The lowest BCUT2D eigenvalue weighted by molar-refractivity contribution is 0.457. The van der Waals surface area contributed by atoms with E-state index in [1.54, 1.807) is 6.07 Å². The minimum absolute atomic E-state index is 0.0423. The zero-order valence-corrected chi connectivity index (χ0v) is 9.17. The Balaban J connectivity index is 3.02. The lowest BCUT2D eigenvalue weighted by Crippen LogP contribution is -2.10. The lowest BCUT2D eigenvalue weighted by atomic mass is 9.98. The number of hydrogen-bond acceptors (Lipinski definition) is 2. The first kappa shape index (κ1) is 11.1. The summed E-state index contributed by atoms with van der Waals surface area (Å²) in [4.78, 5) is 0. The van der Waals surface area contributed by atoms with Crippen LogP contribution in [0.4, 0.5) is 0 Å². The van der Waals surface area contributed by atoms with Crippen molar-refractivity contribution in [1.29, 1.82) is 0 Å². The Bertz CT molecular complexity index is 320. The van der Waals surface area contributed by atoms with Gasteiger partial charge in [0.15, 0.2) is 0 Å². The molecule has 2 nitrogen and oxygen atoms in total. The molecule has 0 aliphatic carbocycles. The van der Waals surface area contributed by atoms with Gasteiger partial charge in [-0.05, 0) is 37.5 Å². The topological polar surface area (TPSA) is 46.2 Å². The quantitative estimate of drug-likeness (QED) is 0.775. The van der Waals surface area contributed by atoms with Crippen molar-refractivity contribution in [3.05, 3.63) is 28.8 Å². The van der Waals surface area contributed by atoms with Gasteiger partial charge in [-0.25, -0.2) is 0 Å². The molecule has 78 valence electrons. The molecule has 1 aromatic carbocycles. The highest BCUT2D eigenvalue weighted by Gasteiger charge is 2.11. The highest BCUT2D eigenvalue weighted by Crippen LogP contribution is 2.28. The van der Waals surface area contributed by atoms with E-state index >= 15 is 0 Å². The van der Waals surface area contributed by atoms with Crippen molar-refractivity contribution in [3.8, 4) is 5.75 Å². The number of benzene rings is 1. The largest absolute Gasteiger partial charge is 0.508 e. The third kappa shape index (κ3) is 2.26. The first-order valence-corrected chi connectivity index (χ1v) is 5.12. The van der Waals surface area contributed by atoms with E-state index in [1.807, 2.05) is 19.9 Å². The van der Waals surface area contributed by atoms with Crippen LogP contribution in [0, 0.1) is 13.8 Å². The van der Waals surface area contributed by atoms with E-state index in [-0.39, 0.29) is 6.04 Å². The van der Waals surface area contributed by atoms with Crippen molar-refractivity contribution in [2.75, 3.05) is 0 Å². The van der Waals surface area contributed by atoms with E-state index in [2.05, 4.69) is 6.92 Å². The molecule has 0 saturated carbocycles. The molecule has 0 saturated heterocycles. The fourth-order valence-corrected chi connectivity index (χ4v) is 1.59. The zero-order valence-electron chi connectivity index (χ0n) is 9.17. The van der Waals surface area contributed by atoms with Gasteiger partial charge in [0, 0.05) is 11.6 Å². The van der Waals surface area contributed by atoms with Crippen LogP contribution in [0.5, 0.6) is 5.75 Å². The molecule has 0 heterocycles. The van der Waals surface area contributed by atoms with Crippen molar-refractivity contribution >= 4 is 0 Å². The fourth-order valence-electron chi connectivity index (χ4n) is 1.59. The summed E-state index contributed by atoms with van der Waals surface area (Å²) >= 11 is 0. The Kier molecular flexibility index (Phi) is 3.53. The average Bonchev–Trinajstić information content (AvgIpc) is 2.11. The summed E-state index contributed by atoms with van der Waals surface area (Å²) in [6.45, 7) is 6.12. The van der Waals surface area contributed by atoms with Gasteiger partial charge in [-0.15, -0.1) is 0 Å². The second-order valence-electron chi connectivity index (χ2n) is 3.89. The lowest BCUT2D eigenvalue weighted by Gasteiger charge is -2.14. The van der Waals surface area contributed by atoms with E-state index in [9.17, 15) is 5.11 Å². The molecule has 0 bridgehead atoms. The Morgan fingerprint density at radius 2 is 1.86 bits per heavy atom. The van der Waals surface area contributed by atoms with Crippen LogP contribution in [0.25, 0.3) is 0 Å². The third-order valence-corrected chi connectivity index (χ3v) is 2.64. The molecule has 1 atom stereocenters. The molecule has 0 aliphatic heterocycles. The Labute approximate surface area is 85.8 Å². The number of phenols is 1. The van der Waals surface area contributed by atoms with Gasteiger partial charge in [0.1, 0.15) is 5.75 Å². The SMILES string of the molecule is CCC[C@H](N)c1cc(C)c(C)cc1O. The van der Waals surface area contributed by atoms with Gasteiger partial charge < -0.3 is 10.8 Å². The number of nitrogens with two attached hydrogens (primary N) is 1. The molecule has 0 spiro atoms. The van der Waals surface area contributed by atoms with Gasteiger partial charge in [-0.2, -0.15) is 0 Å². The molecule has 0 fully saturated rings. The molecule has 0 aliphatic rings. The summed E-state index contributed by atoms with van der Waals surface area (Å²) < 4.78 is 0. The van der Waals surface area contributed by atoms with Gasteiger partial charge in [0.25, 0.3) is 0 Å². The molecule has 0 amide bonds. The molecule has 0 unspecified atom stereocenters. The van der Waals surface area contributed by atoms with Crippen LogP contribution in [0.1, 0.15) is 42.5 Å². The van der Waals surface area contributed by atoms with E-state index < -0.39 is 0 Å². The molecule has 2 heteroatoms. The molecule has 14 heavy (non-hydrogen) atoms. The second-order valence-corrected chi connectivity index (χ2v) is 3.89. The van der Waals surface area contributed by atoms with E-state index in [0.29, 0.717) is 5.75 Å². The maximum absolute atomic E-state index is 9.73. The standard InChI is InChI=1S/C12H19NO/c1-4-5-11(13)10-6-8(2)9(3)7-12(10)14/h6-7,11,14H,4-5,13H2,1-3H3/t11-/m0/s1. The van der Waals surface area contributed by atoms with Gasteiger partial charge >= 0.3 is 0 Å². The predicted octanol–water partition coefficient (Wildman–Crippen LogP) is 2.81. The van der Waals surface area contributed by atoms with E-state index in [0.717, 1.165) is 24.0 Å². The van der Waals surface area contributed by atoms with Crippen molar-refractivity contribution < 1.29 is 5.11 Å². The first-order chi connectivity index (χ1) is 6.56. The van der Waals surface area contributed by atoms with Crippen LogP contribution in [0.3, 0.4) is 0 Å². The molecular weight excluding hydrogens is 174 g/mol. The van der Waals surface area contributed by atoms with Crippen LogP contribution in [0.2, 0.25) is 0 Å². The van der Waals surface area contributed by atoms with Crippen LogP contribution in [-0.2, 0) is 0 Å². The Morgan fingerprint density at radius 1 is 1.29 bits per heavy atom. The summed E-state index contributed by atoms with van der Waals surface area (Å²) in [5, 5.41) is 9.73. The number of hydrogen-bond donors (Lipinski definition) is 2. The molecule has 1 aromatic rings. The summed E-state index contributed by atoms with van der Waals surface area (Å²) in [6.07, 6.45) is 1.95. The average molecular weight is 193 g/mol. The first-order valence-electron chi connectivity index (χ1n) is 5.12. The van der Waals surface area contributed by atoms with Gasteiger partial charge in [-0.1, -0.05) is 19.4 Å². The van der Waals surface area contributed by atoms with Crippen LogP contribution in [0.15, 0.2) is 12.1 Å². The fraction of sp³-hybridized carbons (Fsp3) is 0.500. The van der Waals surface area contributed by atoms with Crippen molar-refractivity contribution in [2.45, 2.75) is 39.7 Å². The van der Waals surface area contributed by atoms with E-state index in [1.165, 1.54) is 5.56 Å². The summed E-state index contributed by atoms with van der Waals surface area (Å²) in [6, 6.07) is 3.74. The number of aromatic hydroxyl groups is 1. The Morgan fingerprint density at radius 3 is 2.43 bits per heavy atom. The van der Waals surface area contributed by atoms with Crippen LogP contribution in [-0.4, -0.2) is 5.11 Å². The number of rotatable bonds is 3. The van der Waals surface area contributed by atoms with Gasteiger partial charge in [0.2, 0.25) is 0 Å². The minimum Gasteiger partial charge on any atom is -0.508 e.